The standard InChI is InChI=1S/C52H50O8/c1-9-47(53)57-51(11-3,55-45-27-23-41(24-28-45)39-19-15-13-16-20-39)59-49-35(5)31-43(32-36(49)6)44-33-37(7)50(38(8)34-44)60-52(12-4,58-48(54)10-2)56-46-29-25-42(26-30-46)40-21-17-14-18-22-40/h9-10,13-34H,1-2,11-12H2,3-8H3. The molecule has 0 amide bonds. The summed E-state index contributed by atoms with van der Waals surface area (Å²) in [6.45, 7) is 18.5. The molecule has 0 aliphatic heterocycles. The quantitative estimate of drug-likeness (QED) is 0.0512. The van der Waals surface area contributed by atoms with E-state index in [9.17, 15) is 9.59 Å². The molecule has 0 aliphatic rings. The second-order valence-electron chi connectivity index (χ2n) is 14.4. The molecule has 0 N–H and O–H groups in total. The van der Waals surface area contributed by atoms with Crippen LogP contribution in [-0.4, -0.2) is 23.9 Å². The predicted molar refractivity (Wildman–Crippen MR) is 236 cm³/mol. The Morgan fingerprint density at radius 1 is 0.450 bits per heavy atom. The van der Waals surface area contributed by atoms with Gasteiger partial charge in [-0.25, -0.2) is 9.59 Å². The number of benzene rings is 6. The van der Waals surface area contributed by atoms with Crippen LogP contribution in [0.5, 0.6) is 23.0 Å². The summed E-state index contributed by atoms with van der Waals surface area (Å²) < 4.78 is 37.4. The van der Waals surface area contributed by atoms with Crippen LogP contribution in [0.3, 0.4) is 0 Å². The van der Waals surface area contributed by atoms with E-state index in [-0.39, 0.29) is 12.8 Å². The first-order valence-electron chi connectivity index (χ1n) is 19.9. The third-order valence-electron chi connectivity index (χ3n) is 9.95. The number of carbonyl (C=O) groups excluding carboxylic acids is 2. The molecular formula is C52H50O8. The summed E-state index contributed by atoms with van der Waals surface area (Å²) in [5.41, 5.74) is 9.19. The van der Waals surface area contributed by atoms with Gasteiger partial charge in [-0.05, 0) is 132 Å². The third-order valence-corrected chi connectivity index (χ3v) is 9.95. The first-order chi connectivity index (χ1) is 28.9. The molecule has 6 rings (SSSR count). The SMILES string of the molecule is C=CC(=O)OC(CC)(Oc1ccc(-c2ccccc2)cc1)Oc1c(C)cc(-c2cc(C)c(OC(CC)(OC(=O)C=C)Oc3ccc(-c4ccccc4)cc3)c(C)c2)cc1C. The van der Waals surface area contributed by atoms with Crippen LogP contribution >= 0.6 is 0 Å². The maximum absolute atomic E-state index is 12.7. The van der Waals surface area contributed by atoms with Gasteiger partial charge in [0.1, 0.15) is 23.0 Å². The highest BCUT2D eigenvalue weighted by Gasteiger charge is 2.40. The molecule has 0 aromatic heterocycles. The van der Waals surface area contributed by atoms with Crippen LogP contribution in [0.25, 0.3) is 33.4 Å². The minimum atomic E-state index is -1.78. The molecule has 0 fully saturated rings. The minimum Gasteiger partial charge on any atom is -0.421 e. The van der Waals surface area contributed by atoms with E-state index in [0.29, 0.717) is 23.0 Å². The summed E-state index contributed by atoms with van der Waals surface area (Å²) in [5, 5.41) is 0. The van der Waals surface area contributed by atoms with Crippen molar-refractivity contribution in [3.8, 4) is 56.4 Å². The van der Waals surface area contributed by atoms with Crippen molar-refractivity contribution >= 4 is 11.9 Å². The largest absolute Gasteiger partial charge is 0.421 e. The van der Waals surface area contributed by atoms with Crippen LogP contribution in [0.1, 0.15) is 48.9 Å². The van der Waals surface area contributed by atoms with E-state index in [2.05, 4.69) is 13.2 Å². The Morgan fingerprint density at radius 2 is 0.750 bits per heavy atom. The fourth-order valence-electron chi connectivity index (χ4n) is 6.87. The number of ether oxygens (including phenoxy) is 6. The number of hydrogen-bond acceptors (Lipinski definition) is 8. The zero-order valence-corrected chi connectivity index (χ0v) is 35.0. The molecule has 2 atom stereocenters. The molecule has 0 heterocycles. The van der Waals surface area contributed by atoms with Crippen LogP contribution in [-0.2, 0) is 19.1 Å². The monoisotopic (exact) mass is 802 g/mol. The lowest BCUT2D eigenvalue weighted by Gasteiger charge is -2.33. The summed E-state index contributed by atoms with van der Waals surface area (Å²) in [5.74, 6) is -2.98. The van der Waals surface area contributed by atoms with Gasteiger partial charge < -0.3 is 28.4 Å². The molecule has 0 saturated heterocycles. The first kappa shape index (κ1) is 42.5. The lowest BCUT2D eigenvalue weighted by molar-refractivity contribution is -0.285. The summed E-state index contributed by atoms with van der Waals surface area (Å²) in [4.78, 5) is 25.4. The molecule has 2 unspecified atom stereocenters. The lowest BCUT2D eigenvalue weighted by atomic mass is 9.96. The Bertz CT molecular complexity index is 2240. The highest BCUT2D eigenvalue weighted by atomic mass is 16.9. The molecule has 6 aromatic carbocycles. The summed E-state index contributed by atoms with van der Waals surface area (Å²) in [6, 6.07) is 43.1. The Morgan fingerprint density at radius 3 is 1.03 bits per heavy atom. The summed E-state index contributed by atoms with van der Waals surface area (Å²) in [6.07, 6.45) is 2.52. The van der Waals surface area contributed by atoms with Gasteiger partial charge in [-0.3, -0.25) is 0 Å². The second-order valence-corrected chi connectivity index (χ2v) is 14.4. The number of aryl methyl sites for hydroxylation is 4. The van der Waals surface area contributed by atoms with E-state index in [4.69, 9.17) is 28.4 Å². The van der Waals surface area contributed by atoms with E-state index >= 15 is 0 Å². The Labute approximate surface area is 352 Å². The molecular weight excluding hydrogens is 753 g/mol. The average Bonchev–Trinajstić information content (AvgIpc) is 3.27. The van der Waals surface area contributed by atoms with Gasteiger partial charge in [0.2, 0.25) is 0 Å². The van der Waals surface area contributed by atoms with Gasteiger partial charge in [0.05, 0.1) is 12.8 Å². The van der Waals surface area contributed by atoms with Crippen molar-refractivity contribution in [2.24, 2.45) is 0 Å². The van der Waals surface area contributed by atoms with Crippen molar-refractivity contribution in [1.82, 2.24) is 0 Å². The predicted octanol–water partition coefficient (Wildman–Crippen LogP) is 12.4. The van der Waals surface area contributed by atoms with E-state index in [1.807, 2.05) is 175 Å². The third kappa shape index (κ3) is 9.96. The van der Waals surface area contributed by atoms with E-state index in [0.717, 1.165) is 67.8 Å². The van der Waals surface area contributed by atoms with Crippen molar-refractivity contribution in [3.63, 3.8) is 0 Å². The molecule has 8 nitrogen and oxygen atoms in total. The van der Waals surface area contributed by atoms with Crippen LogP contribution in [0, 0.1) is 27.7 Å². The van der Waals surface area contributed by atoms with Gasteiger partial charge in [0.25, 0.3) is 0 Å². The van der Waals surface area contributed by atoms with Crippen molar-refractivity contribution in [3.05, 3.63) is 181 Å². The molecule has 0 radical (unpaired) electrons. The van der Waals surface area contributed by atoms with Crippen molar-refractivity contribution in [1.29, 1.82) is 0 Å². The van der Waals surface area contributed by atoms with Gasteiger partial charge in [-0.15, -0.1) is 0 Å². The average molecular weight is 803 g/mol. The second kappa shape index (κ2) is 18.7. The Hall–Kier alpha value is -7.06. The van der Waals surface area contributed by atoms with Gasteiger partial charge in [0, 0.05) is 12.2 Å². The van der Waals surface area contributed by atoms with Gasteiger partial charge >= 0.3 is 23.9 Å². The topological polar surface area (TPSA) is 89.5 Å². The number of esters is 2. The van der Waals surface area contributed by atoms with Crippen LogP contribution < -0.4 is 18.9 Å². The molecule has 306 valence electrons. The fourth-order valence-corrected chi connectivity index (χ4v) is 6.87. The van der Waals surface area contributed by atoms with Gasteiger partial charge in [0.15, 0.2) is 0 Å². The van der Waals surface area contributed by atoms with Crippen molar-refractivity contribution in [2.45, 2.75) is 66.3 Å². The molecule has 60 heavy (non-hydrogen) atoms. The molecule has 6 aromatic rings. The summed E-state index contributed by atoms with van der Waals surface area (Å²) >= 11 is 0. The maximum atomic E-state index is 12.7. The van der Waals surface area contributed by atoms with Crippen LogP contribution in [0.2, 0.25) is 0 Å². The molecule has 0 bridgehead atoms. The van der Waals surface area contributed by atoms with E-state index < -0.39 is 23.9 Å². The molecule has 0 spiro atoms. The Balaban J connectivity index is 1.26. The van der Waals surface area contributed by atoms with Crippen molar-refractivity contribution < 1.29 is 38.0 Å². The molecule has 0 saturated carbocycles. The minimum absolute atomic E-state index is 0.178. The molecule has 0 aliphatic carbocycles. The smallest absolute Gasteiger partial charge is 0.419 e. The normalized spacial score (nSPS) is 12.8. The van der Waals surface area contributed by atoms with Gasteiger partial charge in [-0.2, -0.15) is 0 Å². The number of rotatable bonds is 17. The highest BCUT2D eigenvalue weighted by Crippen LogP contribution is 2.39. The number of carbonyl (C=O) groups is 2. The highest BCUT2D eigenvalue weighted by molar-refractivity contribution is 5.82. The Kier molecular flexibility index (Phi) is 13.2. The maximum Gasteiger partial charge on any atom is 0.419 e. The lowest BCUT2D eigenvalue weighted by Crippen LogP contribution is -2.46. The molecule has 8 heteroatoms. The van der Waals surface area contributed by atoms with E-state index in [1.54, 1.807) is 0 Å². The zero-order valence-electron chi connectivity index (χ0n) is 35.0. The van der Waals surface area contributed by atoms with E-state index in [1.165, 1.54) is 0 Å². The number of hydrogen-bond donors (Lipinski definition) is 0. The zero-order chi connectivity index (χ0) is 42.9. The van der Waals surface area contributed by atoms with Crippen LogP contribution in [0.15, 0.2) is 159 Å². The summed E-state index contributed by atoms with van der Waals surface area (Å²) in [7, 11) is 0. The first-order valence-corrected chi connectivity index (χ1v) is 19.9. The fraction of sp³-hybridized carbons (Fsp3) is 0.192. The van der Waals surface area contributed by atoms with Gasteiger partial charge in [-0.1, -0.05) is 112 Å². The van der Waals surface area contributed by atoms with Crippen LogP contribution in [0.4, 0.5) is 0 Å². The van der Waals surface area contributed by atoms with Crippen molar-refractivity contribution in [2.75, 3.05) is 0 Å².